The van der Waals surface area contributed by atoms with Gasteiger partial charge < -0.3 is 0 Å². The summed E-state index contributed by atoms with van der Waals surface area (Å²) in [6, 6.07) is 61.5. The molecule has 0 amide bonds. The molecule has 0 aliphatic heterocycles. The fourth-order valence-corrected chi connectivity index (χ4v) is 8.53. The predicted octanol–water partition coefficient (Wildman–Crippen LogP) is 10.1. The fourth-order valence-electron chi connectivity index (χ4n) is 8.53. The summed E-state index contributed by atoms with van der Waals surface area (Å²) >= 11 is 0. The second-order valence-corrected chi connectivity index (χ2v) is 14.1. The van der Waals surface area contributed by atoms with E-state index in [-0.39, 0.29) is 5.69 Å². The van der Waals surface area contributed by atoms with E-state index in [9.17, 15) is 4.79 Å². The summed E-state index contributed by atoms with van der Waals surface area (Å²) < 4.78 is 3.36. The van der Waals surface area contributed by atoms with Crippen LogP contribution in [0.2, 0.25) is 0 Å². The number of hydrogen-bond donors (Lipinski definition) is 0. The van der Waals surface area contributed by atoms with E-state index in [4.69, 9.17) is 15.0 Å². The van der Waals surface area contributed by atoms with E-state index in [0.717, 1.165) is 44.4 Å². The Morgan fingerprint density at radius 3 is 1.58 bits per heavy atom. The van der Waals surface area contributed by atoms with Crippen LogP contribution in [0.3, 0.4) is 0 Å². The van der Waals surface area contributed by atoms with E-state index >= 15 is 0 Å². The standard InChI is InChI=1S/C49H35N5O/c1-53-42-30-29-35(31-43(42)54(2)48(53)55)32-25-27-34(28-26-32)46-50-45(33-15-6-3-7-16-33)51-47(52-46)40-23-14-22-39-38-21-12-13-24-41(38)49(44(39)40,36-17-8-4-9-18-36)37-19-10-5-11-20-37/h3-31H,1-2H3. The summed E-state index contributed by atoms with van der Waals surface area (Å²) in [4.78, 5) is 28.2. The van der Waals surface area contributed by atoms with Crippen molar-refractivity contribution in [2.75, 3.05) is 0 Å². The lowest BCUT2D eigenvalue weighted by atomic mass is 9.66. The lowest BCUT2D eigenvalue weighted by Gasteiger charge is -2.35. The van der Waals surface area contributed by atoms with Crippen LogP contribution in [0.5, 0.6) is 0 Å². The molecule has 6 nitrogen and oxygen atoms in total. The Bertz CT molecular complexity index is 2910. The number of benzene rings is 7. The van der Waals surface area contributed by atoms with E-state index in [0.29, 0.717) is 17.5 Å². The summed E-state index contributed by atoms with van der Waals surface area (Å²) in [5.74, 6) is 1.82. The molecule has 2 heterocycles. The van der Waals surface area contributed by atoms with Crippen molar-refractivity contribution in [3.63, 3.8) is 0 Å². The van der Waals surface area contributed by atoms with E-state index < -0.39 is 5.41 Å². The van der Waals surface area contributed by atoms with E-state index in [1.807, 2.05) is 43.4 Å². The molecule has 7 aromatic carbocycles. The number of imidazole rings is 1. The van der Waals surface area contributed by atoms with Gasteiger partial charge in [0.05, 0.1) is 16.4 Å². The lowest BCUT2D eigenvalue weighted by molar-refractivity contribution is 0.769. The van der Waals surface area contributed by atoms with Crippen LogP contribution < -0.4 is 5.69 Å². The second kappa shape index (κ2) is 12.7. The average molecular weight is 710 g/mol. The maximum absolute atomic E-state index is 12.6. The first kappa shape index (κ1) is 32.5. The first-order chi connectivity index (χ1) is 27.0. The van der Waals surface area contributed by atoms with Crippen LogP contribution in [0, 0.1) is 0 Å². The normalized spacial score (nSPS) is 12.8. The van der Waals surface area contributed by atoms with Crippen molar-refractivity contribution >= 4 is 11.0 Å². The molecule has 0 fully saturated rings. The smallest absolute Gasteiger partial charge is 0.295 e. The van der Waals surface area contributed by atoms with Crippen molar-refractivity contribution < 1.29 is 0 Å². The van der Waals surface area contributed by atoms with Crippen molar-refractivity contribution in [3.05, 3.63) is 209 Å². The molecule has 10 rings (SSSR count). The van der Waals surface area contributed by atoms with Gasteiger partial charge in [-0.3, -0.25) is 9.13 Å². The molecule has 9 aromatic rings. The Labute approximate surface area is 318 Å². The first-order valence-electron chi connectivity index (χ1n) is 18.4. The van der Waals surface area contributed by atoms with Crippen LogP contribution in [-0.4, -0.2) is 24.1 Å². The minimum atomic E-state index is -0.615. The van der Waals surface area contributed by atoms with Crippen LogP contribution in [0.25, 0.3) is 67.5 Å². The third kappa shape index (κ3) is 5.02. The Balaban J connectivity index is 1.18. The molecular weight excluding hydrogens is 675 g/mol. The third-order valence-electron chi connectivity index (χ3n) is 11.1. The van der Waals surface area contributed by atoms with Gasteiger partial charge in [0.2, 0.25) is 0 Å². The van der Waals surface area contributed by atoms with Gasteiger partial charge in [0.15, 0.2) is 17.5 Å². The van der Waals surface area contributed by atoms with Gasteiger partial charge in [-0.15, -0.1) is 0 Å². The van der Waals surface area contributed by atoms with Crippen LogP contribution >= 0.6 is 0 Å². The van der Waals surface area contributed by atoms with Gasteiger partial charge in [-0.1, -0.05) is 164 Å². The molecule has 6 heteroatoms. The minimum absolute atomic E-state index is 0.0416. The number of rotatable bonds is 6. The zero-order valence-corrected chi connectivity index (χ0v) is 30.4. The number of aryl methyl sites for hydroxylation is 2. The van der Waals surface area contributed by atoms with Crippen LogP contribution in [0.4, 0.5) is 0 Å². The summed E-state index contributed by atoms with van der Waals surface area (Å²) in [7, 11) is 3.61. The summed E-state index contributed by atoms with van der Waals surface area (Å²) in [5, 5.41) is 0. The molecular formula is C49H35N5O. The van der Waals surface area contributed by atoms with Crippen molar-refractivity contribution in [1.29, 1.82) is 0 Å². The topological polar surface area (TPSA) is 65.6 Å². The van der Waals surface area contributed by atoms with Gasteiger partial charge in [-0.05, 0) is 56.6 Å². The molecule has 0 spiro atoms. The van der Waals surface area contributed by atoms with Crippen LogP contribution in [0.15, 0.2) is 181 Å². The summed E-state index contributed by atoms with van der Waals surface area (Å²) in [6.45, 7) is 0. The highest BCUT2D eigenvalue weighted by atomic mass is 16.1. The molecule has 0 radical (unpaired) electrons. The molecule has 2 aromatic heterocycles. The van der Waals surface area contributed by atoms with E-state index in [1.54, 1.807) is 16.2 Å². The number of nitrogens with zero attached hydrogens (tertiary/aromatic N) is 5. The molecule has 1 aliphatic carbocycles. The third-order valence-corrected chi connectivity index (χ3v) is 11.1. The van der Waals surface area contributed by atoms with Crippen molar-refractivity contribution in [2.45, 2.75) is 5.41 Å². The number of aromatic nitrogens is 5. The van der Waals surface area contributed by atoms with Crippen LogP contribution in [0.1, 0.15) is 22.3 Å². The van der Waals surface area contributed by atoms with E-state index in [1.165, 1.54) is 27.8 Å². The average Bonchev–Trinajstić information content (AvgIpc) is 3.68. The molecule has 1 aliphatic rings. The van der Waals surface area contributed by atoms with Gasteiger partial charge in [-0.2, -0.15) is 0 Å². The summed E-state index contributed by atoms with van der Waals surface area (Å²) in [5.41, 5.74) is 13.1. The van der Waals surface area contributed by atoms with Gasteiger partial charge in [0, 0.05) is 30.8 Å². The molecule has 0 bridgehead atoms. The zero-order valence-electron chi connectivity index (χ0n) is 30.4. The van der Waals surface area contributed by atoms with Gasteiger partial charge in [0.1, 0.15) is 0 Å². The SMILES string of the molecule is Cn1c(=O)n(C)c2cc(-c3ccc(-c4nc(-c5ccccc5)nc(-c5cccc6c5C(c5ccccc5)(c5ccccc5)c5ccccc5-6)n4)cc3)ccc21. The molecule has 0 N–H and O–H groups in total. The Morgan fingerprint density at radius 1 is 0.418 bits per heavy atom. The second-order valence-electron chi connectivity index (χ2n) is 14.1. The highest BCUT2D eigenvalue weighted by molar-refractivity contribution is 5.92. The van der Waals surface area contributed by atoms with Crippen molar-refractivity contribution in [3.8, 4) is 56.4 Å². The molecule has 0 unspecified atom stereocenters. The number of fused-ring (bicyclic) bond motifs is 4. The van der Waals surface area contributed by atoms with Gasteiger partial charge in [0.25, 0.3) is 0 Å². The molecule has 0 atom stereocenters. The molecule has 262 valence electrons. The largest absolute Gasteiger partial charge is 0.328 e. The van der Waals surface area contributed by atoms with Crippen LogP contribution in [-0.2, 0) is 19.5 Å². The molecule has 0 saturated heterocycles. The molecule has 0 saturated carbocycles. The van der Waals surface area contributed by atoms with Crippen molar-refractivity contribution in [1.82, 2.24) is 24.1 Å². The Hall–Kier alpha value is -7.18. The monoisotopic (exact) mass is 709 g/mol. The highest BCUT2D eigenvalue weighted by Gasteiger charge is 2.47. The molecule has 55 heavy (non-hydrogen) atoms. The minimum Gasteiger partial charge on any atom is -0.295 e. The Morgan fingerprint density at radius 2 is 0.909 bits per heavy atom. The zero-order chi connectivity index (χ0) is 37.1. The van der Waals surface area contributed by atoms with Gasteiger partial charge >= 0.3 is 5.69 Å². The number of hydrogen-bond acceptors (Lipinski definition) is 4. The Kier molecular flexibility index (Phi) is 7.52. The summed E-state index contributed by atoms with van der Waals surface area (Å²) in [6.07, 6.45) is 0. The quantitative estimate of drug-likeness (QED) is 0.172. The van der Waals surface area contributed by atoms with Crippen molar-refractivity contribution in [2.24, 2.45) is 14.1 Å². The maximum atomic E-state index is 12.6. The predicted molar refractivity (Wildman–Crippen MR) is 221 cm³/mol. The lowest BCUT2D eigenvalue weighted by Crippen LogP contribution is -2.29. The maximum Gasteiger partial charge on any atom is 0.328 e. The first-order valence-corrected chi connectivity index (χ1v) is 18.4. The van der Waals surface area contributed by atoms with Gasteiger partial charge in [-0.25, -0.2) is 19.7 Å². The highest BCUT2D eigenvalue weighted by Crippen LogP contribution is 2.58. The fraction of sp³-hybridized carbons (Fsp3) is 0.0612. The van der Waals surface area contributed by atoms with E-state index in [2.05, 4.69) is 140 Å².